The molecule has 1 fully saturated rings. The van der Waals surface area contributed by atoms with Crippen LogP contribution in [0.15, 0.2) is 18.2 Å². The van der Waals surface area contributed by atoms with Gasteiger partial charge in [0.05, 0.1) is 7.11 Å². The van der Waals surface area contributed by atoms with E-state index in [4.69, 9.17) is 22.3 Å². The van der Waals surface area contributed by atoms with E-state index in [0.29, 0.717) is 30.9 Å². The SMILES string of the molecule is COc1ccc(C=O)cc1F.NC1CCCCC1.NCCCC[C@H](N)C(=O)O. The van der Waals surface area contributed by atoms with E-state index in [0.717, 1.165) is 18.9 Å². The third kappa shape index (κ3) is 12.4. The van der Waals surface area contributed by atoms with Crippen LogP contribution in [0, 0.1) is 5.82 Å². The first-order valence-electron chi connectivity index (χ1n) is 9.58. The number of carboxylic acids is 1. The van der Waals surface area contributed by atoms with Crippen LogP contribution in [0.25, 0.3) is 0 Å². The molecule has 1 aromatic rings. The maximum absolute atomic E-state index is 12.8. The number of methoxy groups -OCH3 is 1. The van der Waals surface area contributed by atoms with Crippen molar-refractivity contribution in [1.82, 2.24) is 0 Å². The molecule has 8 heteroatoms. The molecule has 2 rings (SSSR count). The average molecular weight is 400 g/mol. The smallest absolute Gasteiger partial charge is 0.320 e. The number of rotatable bonds is 7. The van der Waals surface area contributed by atoms with Gasteiger partial charge in [-0.25, -0.2) is 4.39 Å². The first-order chi connectivity index (χ1) is 13.3. The van der Waals surface area contributed by atoms with E-state index in [-0.39, 0.29) is 5.75 Å². The number of carboxylic acid groups (broad SMARTS) is 1. The summed E-state index contributed by atoms with van der Waals surface area (Å²) in [6.07, 6.45) is 9.41. The molecule has 0 spiro atoms. The lowest BCUT2D eigenvalue weighted by Crippen LogP contribution is -2.29. The maximum atomic E-state index is 12.8. The topological polar surface area (TPSA) is 142 Å². The van der Waals surface area contributed by atoms with E-state index in [1.165, 1.54) is 51.3 Å². The summed E-state index contributed by atoms with van der Waals surface area (Å²) in [5.41, 5.74) is 16.4. The van der Waals surface area contributed by atoms with E-state index in [2.05, 4.69) is 4.74 Å². The molecule has 0 aliphatic heterocycles. The molecule has 0 bridgehead atoms. The van der Waals surface area contributed by atoms with Crippen molar-refractivity contribution in [3.8, 4) is 5.75 Å². The standard InChI is InChI=1S/C8H7FO2.C6H14N2O2.C6H13N/c1-11-8-3-2-6(5-10)4-7(8)9;7-4-2-1-3-5(8)6(9)10;7-6-4-2-1-3-5-6/h2-5H,1H3;5H,1-4,7-8H2,(H,9,10);6H,1-5,7H2/t;5-;/m.0./s1. The van der Waals surface area contributed by atoms with Crippen LogP contribution in [0.5, 0.6) is 5.75 Å². The quantitative estimate of drug-likeness (QED) is 0.407. The molecule has 1 aliphatic rings. The average Bonchev–Trinajstić information content (AvgIpc) is 2.69. The number of nitrogens with two attached hydrogens (primary N) is 3. The molecule has 1 aromatic carbocycles. The monoisotopic (exact) mass is 399 g/mol. The fourth-order valence-corrected chi connectivity index (χ4v) is 2.52. The molecule has 0 amide bonds. The van der Waals surface area contributed by atoms with E-state index in [1.807, 2.05) is 0 Å². The van der Waals surface area contributed by atoms with Gasteiger partial charge in [0.2, 0.25) is 0 Å². The van der Waals surface area contributed by atoms with E-state index in [9.17, 15) is 14.0 Å². The molecule has 0 unspecified atom stereocenters. The lowest BCUT2D eigenvalue weighted by Gasteiger charge is -2.15. The fourth-order valence-electron chi connectivity index (χ4n) is 2.52. The first kappa shape index (κ1) is 26.0. The number of hydrogen-bond acceptors (Lipinski definition) is 6. The second-order valence-electron chi connectivity index (χ2n) is 6.64. The van der Waals surface area contributed by atoms with Crippen molar-refractivity contribution in [2.75, 3.05) is 13.7 Å². The molecule has 0 radical (unpaired) electrons. The number of carbonyl (C=O) groups is 2. The summed E-state index contributed by atoms with van der Waals surface area (Å²) >= 11 is 0. The van der Waals surface area contributed by atoms with Crippen LogP contribution in [-0.4, -0.2) is 43.1 Å². The minimum atomic E-state index is -0.933. The van der Waals surface area contributed by atoms with Crippen LogP contribution in [0.3, 0.4) is 0 Å². The zero-order chi connectivity index (χ0) is 21.4. The number of aldehydes is 1. The predicted octanol–water partition coefficient (Wildman–Crippen LogP) is 2.45. The Bertz CT molecular complexity index is 566. The summed E-state index contributed by atoms with van der Waals surface area (Å²) in [7, 11) is 1.37. The zero-order valence-electron chi connectivity index (χ0n) is 16.6. The predicted molar refractivity (Wildman–Crippen MR) is 108 cm³/mol. The molecule has 1 aliphatic carbocycles. The van der Waals surface area contributed by atoms with Crippen LogP contribution in [0.1, 0.15) is 61.7 Å². The third-order valence-corrected chi connectivity index (χ3v) is 4.25. The van der Waals surface area contributed by atoms with Gasteiger partial charge in [0.1, 0.15) is 12.3 Å². The highest BCUT2D eigenvalue weighted by Gasteiger charge is 2.09. The highest BCUT2D eigenvalue weighted by Crippen LogP contribution is 2.16. The highest BCUT2D eigenvalue weighted by molar-refractivity contribution is 5.75. The Morgan fingerprint density at radius 1 is 1.32 bits per heavy atom. The molecule has 0 heterocycles. The highest BCUT2D eigenvalue weighted by atomic mass is 19.1. The lowest BCUT2D eigenvalue weighted by atomic mass is 9.97. The van der Waals surface area contributed by atoms with Crippen LogP contribution < -0.4 is 21.9 Å². The van der Waals surface area contributed by atoms with Crippen LogP contribution in [0.4, 0.5) is 4.39 Å². The van der Waals surface area contributed by atoms with Gasteiger partial charge in [0, 0.05) is 11.6 Å². The number of carbonyl (C=O) groups excluding carboxylic acids is 1. The maximum Gasteiger partial charge on any atom is 0.320 e. The Kier molecular flexibility index (Phi) is 14.8. The van der Waals surface area contributed by atoms with Crippen molar-refractivity contribution in [3.63, 3.8) is 0 Å². The van der Waals surface area contributed by atoms with Crippen molar-refractivity contribution >= 4 is 12.3 Å². The van der Waals surface area contributed by atoms with Crippen molar-refractivity contribution < 1.29 is 23.8 Å². The number of hydrogen-bond donors (Lipinski definition) is 4. The number of benzene rings is 1. The molecule has 1 saturated carbocycles. The van der Waals surface area contributed by atoms with Gasteiger partial charge in [-0.05, 0) is 50.4 Å². The summed E-state index contributed by atoms with van der Waals surface area (Å²) < 4.78 is 17.4. The van der Waals surface area contributed by atoms with Crippen molar-refractivity contribution in [1.29, 1.82) is 0 Å². The molecular weight excluding hydrogens is 365 g/mol. The van der Waals surface area contributed by atoms with Crippen molar-refractivity contribution in [2.45, 2.75) is 63.5 Å². The summed E-state index contributed by atoms with van der Waals surface area (Å²) in [5.74, 6) is -1.30. The van der Waals surface area contributed by atoms with Gasteiger partial charge in [0.25, 0.3) is 0 Å². The molecule has 7 N–H and O–H groups in total. The Morgan fingerprint density at radius 3 is 2.36 bits per heavy atom. The zero-order valence-corrected chi connectivity index (χ0v) is 16.6. The summed E-state index contributed by atoms with van der Waals surface area (Å²) in [5, 5.41) is 8.33. The fraction of sp³-hybridized carbons (Fsp3) is 0.600. The summed E-state index contributed by atoms with van der Waals surface area (Å²) in [6.45, 7) is 0.604. The molecule has 0 aromatic heterocycles. The minimum absolute atomic E-state index is 0.149. The second-order valence-corrected chi connectivity index (χ2v) is 6.64. The Hall–Kier alpha value is -2.03. The van der Waals surface area contributed by atoms with Crippen LogP contribution in [0.2, 0.25) is 0 Å². The Labute approximate surface area is 166 Å². The van der Waals surface area contributed by atoms with Gasteiger partial charge < -0.3 is 27.0 Å². The normalized spacial score (nSPS) is 14.6. The second kappa shape index (κ2) is 16.0. The number of aliphatic carboxylic acids is 1. The van der Waals surface area contributed by atoms with Gasteiger partial charge in [-0.3, -0.25) is 9.59 Å². The minimum Gasteiger partial charge on any atom is -0.494 e. The molecule has 28 heavy (non-hydrogen) atoms. The van der Waals surface area contributed by atoms with Gasteiger partial charge in [0.15, 0.2) is 11.6 Å². The van der Waals surface area contributed by atoms with Crippen LogP contribution in [-0.2, 0) is 4.79 Å². The van der Waals surface area contributed by atoms with Gasteiger partial charge in [-0.2, -0.15) is 0 Å². The Balaban J connectivity index is 0.000000400. The molecule has 1 atom stereocenters. The van der Waals surface area contributed by atoms with Crippen molar-refractivity contribution in [3.05, 3.63) is 29.6 Å². The van der Waals surface area contributed by atoms with Crippen LogP contribution >= 0.6 is 0 Å². The van der Waals surface area contributed by atoms with E-state index >= 15 is 0 Å². The molecule has 7 nitrogen and oxygen atoms in total. The lowest BCUT2D eigenvalue weighted by molar-refractivity contribution is -0.138. The molecule has 160 valence electrons. The van der Waals surface area contributed by atoms with Crippen molar-refractivity contribution in [2.24, 2.45) is 17.2 Å². The first-order valence-corrected chi connectivity index (χ1v) is 9.58. The summed E-state index contributed by atoms with van der Waals surface area (Å²) in [6, 6.07) is 3.86. The largest absolute Gasteiger partial charge is 0.494 e. The van der Waals surface area contributed by atoms with Gasteiger partial charge in [-0.15, -0.1) is 0 Å². The van der Waals surface area contributed by atoms with Gasteiger partial charge in [-0.1, -0.05) is 25.7 Å². The van der Waals surface area contributed by atoms with E-state index in [1.54, 1.807) is 0 Å². The number of ether oxygens (including phenoxy) is 1. The Morgan fingerprint density at radius 2 is 1.96 bits per heavy atom. The summed E-state index contributed by atoms with van der Waals surface area (Å²) in [4.78, 5) is 20.3. The van der Waals surface area contributed by atoms with E-state index < -0.39 is 17.8 Å². The third-order valence-electron chi connectivity index (χ3n) is 4.25. The van der Waals surface area contributed by atoms with Gasteiger partial charge >= 0.3 is 5.97 Å². The number of halogens is 1. The molecular formula is C20H34FN3O4. The molecule has 0 saturated heterocycles. The number of unbranched alkanes of at least 4 members (excludes halogenated alkanes) is 1.